The fourth-order valence-corrected chi connectivity index (χ4v) is 2.90. The fraction of sp³-hybridized carbons (Fsp3) is 0.200. The number of hydrogen-bond acceptors (Lipinski definition) is 4. The van der Waals surface area contributed by atoms with Gasteiger partial charge in [0.1, 0.15) is 5.82 Å². The van der Waals surface area contributed by atoms with Crippen molar-refractivity contribution in [3.05, 3.63) is 54.0 Å². The Balaban J connectivity index is 1.65. The summed E-state index contributed by atoms with van der Waals surface area (Å²) in [6, 6.07) is 8.91. The van der Waals surface area contributed by atoms with Crippen molar-refractivity contribution in [3.63, 3.8) is 0 Å². The highest BCUT2D eigenvalue weighted by molar-refractivity contribution is 5.65. The average Bonchev–Trinajstić information content (AvgIpc) is 3.03. The summed E-state index contributed by atoms with van der Waals surface area (Å²) in [6.07, 6.45) is 7.43. The second-order valence-corrected chi connectivity index (χ2v) is 5.19. The smallest absolute Gasteiger partial charge is 0.180 e. The lowest BCUT2D eigenvalue weighted by atomic mass is 10.1. The summed E-state index contributed by atoms with van der Waals surface area (Å²) in [5.41, 5.74) is 9.48. The zero-order chi connectivity index (χ0) is 13.5. The van der Waals surface area contributed by atoms with Crippen LogP contribution in [-0.2, 0) is 12.8 Å². The van der Waals surface area contributed by atoms with Gasteiger partial charge in [-0.1, -0.05) is 24.3 Å². The SMILES string of the molecule is Nc1cn2ccnc2c(NC2Cc3ccccc3C2)n1. The molecule has 0 amide bonds. The first-order chi connectivity index (χ1) is 9.79. The van der Waals surface area contributed by atoms with E-state index in [-0.39, 0.29) is 0 Å². The van der Waals surface area contributed by atoms with Gasteiger partial charge >= 0.3 is 0 Å². The van der Waals surface area contributed by atoms with Crippen LogP contribution in [-0.4, -0.2) is 20.4 Å². The van der Waals surface area contributed by atoms with Gasteiger partial charge in [0.25, 0.3) is 0 Å². The van der Waals surface area contributed by atoms with E-state index in [9.17, 15) is 0 Å². The second kappa shape index (κ2) is 4.23. The third-order valence-corrected chi connectivity index (χ3v) is 3.78. The van der Waals surface area contributed by atoms with Crippen molar-refractivity contribution in [2.45, 2.75) is 18.9 Å². The van der Waals surface area contributed by atoms with Crippen molar-refractivity contribution in [1.29, 1.82) is 0 Å². The quantitative estimate of drug-likeness (QED) is 0.742. The Hall–Kier alpha value is -2.56. The summed E-state index contributed by atoms with van der Waals surface area (Å²) in [7, 11) is 0. The van der Waals surface area contributed by atoms with Crippen molar-refractivity contribution in [2.24, 2.45) is 0 Å². The van der Waals surface area contributed by atoms with Gasteiger partial charge in [-0.3, -0.25) is 0 Å². The van der Waals surface area contributed by atoms with Crippen LogP contribution in [0.3, 0.4) is 0 Å². The van der Waals surface area contributed by atoms with E-state index in [1.54, 1.807) is 12.4 Å². The van der Waals surface area contributed by atoms with Crippen molar-refractivity contribution >= 4 is 17.3 Å². The van der Waals surface area contributed by atoms with E-state index >= 15 is 0 Å². The standard InChI is InChI=1S/C15H15N5/c16-13-9-20-6-5-17-15(20)14(19-13)18-12-7-10-3-1-2-4-11(10)8-12/h1-6,9,12H,7-8,16H2,(H,18,19). The molecule has 0 unspecified atom stereocenters. The van der Waals surface area contributed by atoms with E-state index in [1.807, 2.05) is 10.6 Å². The van der Waals surface area contributed by atoms with Crippen LogP contribution >= 0.6 is 0 Å². The molecule has 0 aliphatic heterocycles. The lowest BCUT2D eigenvalue weighted by Crippen LogP contribution is -2.21. The number of aromatic nitrogens is 3. The van der Waals surface area contributed by atoms with Crippen LogP contribution in [0.1, 0.15) is 11.1 Å². The van der Waals surface area contributed by atoms with E-state index in [4.69, 9.17) is 5.73 Å². The Morgan fingerprint density at radius 2 is 1.95 bits per heavy atom. The minimum absolute atomic E-state index is 0.349. The number of nitrogens with zero attached hydrogens (tertiary/aromatic N) is 3. The summed E-state index contributed by atoms with van der Waals surface area (Å²) in [6.45, 7) is 0. The Kier molecular flexibility index (Phi) is 2.39. The molecule has 5 nitrogen and oxygen atoms in total. The van der Waals surface area contributed by atoms with Gasteiger partial charge in [0.2, 0.25) is 0 Å². The molecular weight excluding hydrogens is 250 g/mol. The van der Waals surface area contributed by atoms with Crippen LogP contribution < -0.4 is 11.1 Å². The molecule has 1 aliphatic carbocycles. The topological polar surface area (TPSA) is 68.2 Å². The summed E-state index contributed by atoms with van der Waals surface area (Å²) < 4.78 is 1.90. The van der Waals surface area contributed by atoms with Gasteiger partial charge < -0.3 is 15.5 Å². The molecule has 100 valence electrons. The molecule has 5 heteroatoms. The fourth-order valence-electron chi connectivity index (χ4n) is 2.90. The maximum absolute atomic E-state index is 5.84. The molecule has 20 heavy (non-hydrogen) atoms. The molecule has 1 aromatic carbocycles. The van der Waals surface area contributed by atoms with Gasteiger partial charge in [0.05, 0.1) is 6.20 Å². The van der Waals surface area contributed by atoms with Crippen LogP contribution in [0.4, 0.5) is 11.6 Å². The van der Waals surface area contributed by atoms with Crippen molar-refractivity contribution in [3.8, 4) is 0 Å². The van der Waals surface area contributed by atoms with E-state index in [1.165, 1.54) is 11.1 Å². The maximum Gasteiger partial charge on any atom is 0.180 e. The third-order valence-electron chi connectivity index (χ3n) is 3.78. The normalized spacial score (nSPS) is 14.6. The van der Waals surface area contributed by atoms with Crippen LogP contribution in [0.2, 0.25) is 0 Å². The summed E-state index contributed by atoms with van der Waals surface area (Å²) in [5.74, 6) is 1.25. The molecule has 0 saturated carbocycles. The molecule has 0 radical (unpaired) electrons. The molecule has 2 heterocycles. The van der Waals surface area contributed by atoms with Gasteiger partial charge in [-0.15, -0.1) is 0 Å². The largest absolute Gasteiger partial charge is 0.382 e. The van der Waals surface area contributed by atoms with Crippen LogP contribution in [0, 0.1) is 0 Å². The Bertz CT molecular complexity index is 752. The molecule has 0 atom stereocenters. The van der Waals surface area contributed by atoms with E-state index in [0.29, 0.717) is 11.9 Å². The summed E-state index contributed by atoms with van der Waals surface area (Å²) in [5, 5.41) is 3.48. The first-order valence-electron chi connectivity index (χ1n) is 6.72. The Labute approximate surface area is 116 Å². The number of fused-ring (bicyclic) bond motifs is 2. The Morgan fingerprint density at radius 3 is 2.70 bits per heavy atom. The molecule has 0 spiro atoms. The molecule has 0 bridgehead atoms. The van der Waals surface area contributed by atoms with Crippen LogP contribution in [0.5, 0.6) is 0 Å². The van der Waals surface area contributed by atoms with Crippen molar-refractivity contribution in [2.75, 3.05) is 11.1 Å². The van der Waals surface area contributed by atoms with Crippen molar-refractivity contribution < 1.29 is 0 Å². The van der Waals surface area contributed by atoms with Gasteiger partial charge in [0, 0.05) is 18.4 Å². The van der Waals surface area contributed by atoms with Gasteiger partial charge in [-0.2, -0.15) is 0 Å². The maximum atomic E-state index is 5.84. The number of anilines is 2. The third kappa shape index (κ3) is 1.79. The van der Waals surface area contributed by atoms with Gasteiger partial charge in [0.15, 0.2) is 11.5 Å². The summed E-state index contributed by atoms with van der Waals surface area (Å²) in [4.78, 5) is 8.72. The lowest BCUT2D eigenvalue weighted by molar-refractivity contribution is 0.769. The minimum atomic E-state index is 0.349. The Morgan fingerprint density at radius 1 is 1.20 bits per heavy atom. The van der Waals surface area contributed by atoms with E-state index in [2.05, 4.69) is 39.6 Å². The van der Waals surface area contributed by atoms with E-state index < -0.39 is 0 Å². The summed E-state index contributed by atoms with van der Waals surface area (Å²) >= 11 is 0. The number of nitrogen functional groups attached to an aromatic ring is 1. The highest BCUT2D eigenvalue weighted by Crippen LogP contribution is 2.25. The highest BCUT2D eigenvalue weighted by Gasteiger charge is 2.22. The number of rotatable bonds is 2. The highest BCUT2D eigenvalue weighted by atomic mass is 15.1. The number of imidazole rings is 1. The average molecular weight is 265 g/mol. The van der Waals surface area contributed by atoms with Gasteiger partial charge in [-0.25, -0.2) is 9.97 Å². The molecule has 4 rings (SSSR count). The monoisotopic (exact) mass is 265 g/mol. The first kappa shape index (κ1) is 11.3. The van der Waals surface area contributed by atoms with Gasteiger partial charge in [-0.05, 0) is 24.0 Å². The molecule has 1 aliphatic rings. The van der Waals surface area contributed by atoms with Crippen LogP contribution in [0.15, 0.2) is 42.9 Å². The van der Waals surface area contributed by atoms with Crippen LogP contribution in [0.25, 0.3) is 5.65 Å². The molecule has 0 fully saturated rings. The molecule has 2 aromatic heterocycles. The number of benzene rings is 1. The number of hydrogen-bond donors (Lipinski definition) is 2. The zero-order valence-electron chi connectivity index (χ0n) is 11.0. The molecule has 3 N–H and O–H groups in total. The molecule has 3 aromatic rings. The molecule has 0 saturated heterocycles. The number of nitrogens with two attached hydrogens (primary N) is 1. The van der Waals surface area contributed by atoms with Crippen molar-refractivity contribution in [1.82, 2.24) is 14.4 Å². The minimum Gasteiger partial charge on any atom is -0.382 e. The number of nitrogens with one attached hydrogen (secondary N) is 1. The predicted molar refractivity (Wildman–Crippen MR) is 78.7 cm³/mol. The predicted octanol–water partition coefficient (Wildman–Crippen LogP) is 1.89. The van der Waals surface area contributed by atoms with E-state index in [0.717, 1.165) is 24.3 Å². The first-order valence-corrected chi connectivity index (χ1v) is 6.72. The zero-order valence-corrected chi connectivity index (χ0v) is 11.0. The second-order valence-electron chi connectivity index (χ2n) is 5.19. The molecular formula is C15H15N5. The lowest BCUT2D eigenvalue weighted by Gasteiger charge is -2.13.